The van der Waals surface area contributed by atoms with Gasteiger partial charge in [-0.2, -0.15) is 0 Å². The molecule has 1 saturated carbocycles. The van der Waals surface area contributed by atoms with E-state index in [4.69, 9.17) is 5.73 Å². The molecule has 1 aliphatic carbocycles. The van der Waals surface area contributed by atoms with Gasteiger partial charge >= 0.3 is 6.03 Å². The maximum atomic E-state index is 12.6. The Kier molecular flexibility index (Phi) is 5.43. The van der Waals surface area contributed by atoms with Crippen molar-refractivity contribution in [2.45, 2.75) is 50.4 Å². The second-order valence-electron chi connectivity index (χ2n) is 7.25. The molecule has 5 nitrogen and oxygen atoms in total. The Labute approximate surface area is 147 Å². The van der Waals surface area contributed by atoms with Gasteiger partial charge in [0.25, 0.3) is 0 Å². The number of amides is 3. The molecule has 2 heterocycles. The van der Waals surface area contributed by atoms with Crippen molar-refractivity contribution in [1.82, 2.24) is 10.2 Å². The summed E-state index contributed by atoms with van der Waals surface area (Å²) in [5.41, 5.74) is 5.42. The molecule has 3 amide bonds. The van der Waals surface area contributed by atoms with Crippen LogP contribution in [0, 0.1) is 5.92 Å². The van der Waals surface area contributed by atoms with Crippen LogP contribution >= 0.6 is 11.3 Å². The summed E-state index contributed by atoms with van der Waals surface area (Å²) < 4.78 is 0. The van der Waals surface area contributed by atoms with Crippen LogP contribution in [0.15, 0.2) is 17.5 Å². The number of urea groups is 1. The summed E-state index contributed by atoms with van der Waals surface area (Å²) in [4.78, 5) is 27.0. The van der Waals surface area contributed by atoms with Crippen LogP contribution in [0.25, 0.3) is 0 Å². The van der Waals surface area contributed by atoms with E-state index < -0.39 is 0 Å². The van der Waals surface area contributed by atoms with Crippen LogP contribution in [-0.2, 0) is 10.2 Å². The van der Waals surface area contributed by atoms with Gasteiger partial charge in [0.05, 0.1) is 0 Å². The third kappa shape index (κ3) is 3.91. The first-order valence-corrected chi connectivity index (χ1v) is 9.82. The van der Waals surface area contributed by atoms with Gasteiger partial charge in [-0.05, 0) is 43.0 Å². The number of piperidine rings is 1. The van der Waals surface area contributed by atoms with E-state index in [1.165, 1.54) is 17.7 Å². The summed E-state index contributed by atoms with van der Waals surface area (Å²) in [6.07, 6.45) is 7.07. The minimum Gasteiger partial charge on any atom is -0.370 e. The second kappa shape index (κ2) is 7.55. The minimum atomic E-state index is -0.273. The number of primary amides is 1. The number of carbonyl (C=O) groups is 2. The van der Waals surface area contributed by atoms with Crippen molar-refractivity contribution in [1.29, 1.82) is 0 Å². The number of nitrogens with two attached hydrogens (primary N) is 1. The Morgan fingerprint density at radius 1 is 1.33 bits per heavy atom. The topological polar surface area (TPSA) is 75.4 Å². The molecule has 1 atom stereocenters. The quantitative estimate of drug-likeness (QED) is 0.858. The zero-order chi connectivity index (χ0) is 17.0. The normalized spacial score (nSPS) is 23.2. The number of likely N-dealkylation sites (tertiary alicyclic amines) is 1. The van der Waals surface area contributed by atoms with Crippen molar-refractivity contribution in [2.24, 2.45) is 11.7 Å². The Hall–Kier alpha value is -1.56. The fourth-order valence-electron chi connectivity index (χ4n) is 4.20. The van der Waals surface area contributed by atoms with Crippen molar-refractivity contribution in [2.75, 3.05) is 19.6 Å². The van der Waals surface area contributed by atoms with Crippen LogP contribution in [0.1, 0.15) is 49.8 Å². The highest BCUT2D eigenvalue weighted by molar-refractivity contribution is 7.10. The van der Waals surface area contributed by atoms with Gasteiger partial charge in [-0.15, -0.1) is 11.3 Å². The van der Waals surface area contributed by atoms with Gasteiger partial charge in [0.2, 0.25) is 5.91 Å². The fourth-order valence-corrected chi connectivity index (χ4v) is 5.19. The Bertz CT molecular complexity index is 567. The number of nitrogens with one attached hydrogen (secondary N) is 1. The standard InChI is InChI=1S/C18H27N3O2S/c19-16(22)11-14-5-3-9-21(12-14)17(23)20-13-18(7-1-2-8-18)15-6-4-10-24-15/h4,6,10,14H,1-3,5,7-9,11-13H2,(H2,19,22)(H,20,23). The highest BCUT2D eigenvalue weighted by Gasteiger charge is 2.37. The smallest absolute Gasteiger partial charge is 0.317 e. The number of hydrogen-bond donors (Lipinski definition) is 2. The van der Waals surface area contributed by atoms with Crippen LogP contribution in [-0.4, -0.2) is 36.5 Å². The molecule has 1 aromatic rings. The molecule has 0 spiro atoms. The highest BCUT2D eigenvalue weighted by Crippen LogP contribution is 2.42. The first-order chi connectivity index (χ1) is 11.6. The molecule has 2 aliphatic rings. The van der Waals surface area contributed by atoms with Crippen LogP contribution in [0.2, 0.25) is 0 Å². The van der Waals surface area contributed by atoms with Crippen LogP contribution in [0.4, 0.5) is 4.79 Å². The lowest BCUT2D eigenvalue weighted by molar-refractivity contribution is -0.119. The third-order valence-corrected chi connectivity index (χ3v) is 6.59. The van der Waals surface area contributed by atoms with E-state index in [2.05, 4.69) is 22.8 Å². The van der Waals surface area contributed by atoms with E-state index in [9.17, 15) is 9.59 Å². The predicted molar refractivity (Wildman–Crippen MR) is 96.0 cm³/mol. The second-order valence-corrected chi connectivity index (χ2v) is 8.20. The van der Waals surface area contributed by atoms with E-state index >= 15 is 0 Å². The van der Waals surface area contributed by atoms with Gasteiger partial charge in [-0.25, -0.2) is 4.79 Å². The summed E-state index contributed by atoms with van der Waals surface area (Å²) in [7, 11) is 0. The molecule has 3 N–H and O–H groups in total. The van der Waals surface area contributed by atoms with Gasteiger partial charge in [0, 0.05) is 36.3 Å². The van der Waals surface area contributed by atoms with Gasteiger partial charge in [-0.1, -0.05) is 18.9 Å². The molecule has 0 aromatic carbocycles. The number of hydrogen-bond acceptors (Lipinski definition) is 3. The lowest BCUT2D eigenvalue weighted by Crippen LogP contribution is -2.49. The third-order valence-electron chi connectivity index (χ3n) is 5.48. The molecule has 0 bridgehead atoms. The first kappa shape index (κ1) is 17.3. The van der Waals surface area contributed by atoms with Crippen molar-refractivity contribution in [3.05, 3.63) is 22.4 Å². The van der Waals surface area contributed by atoms with Crippen LogP contribution in [0.5, 0.6) is 0 Å². The molecule has 0 radical (unpaired) electrons. The lowest BCUT2D eigenvalue weighted by Gasteiger charge is -2.34. The summed E-state index contributed by atoms with van der Waals surface area (Å²) >= 11 is 1.80. The number of thiophene rings is 1. The van der Waals surface area contributed by atoms with Crippen LogP contribution in [0.3, 0.4) is 0 Å². The average Bonchev–Trinajstić information content (AvgIpc) is 3.24. The Morgan fingerprint density at radius 3 is 2.79 bits per heavy atom. The highest BCUT2D eigenvalue weighted by atomic mass is 32.1. The molecule has 1 aromatic heterocycles. The maximum absolute atomic E-state index is 12.6. The van der Waals surface area contributed by atoms with Gasteiger partial charge in [0.15, 0.2) is 0 Å². The number of rotatable bonds is 5. The molecule has 2 fully saturated rings. The van der Waals surface area contributed by atoms with E-state index in [1.54, 1.807) is 11.3 Å². The fraction of sp³-hybridized carbons (Fsp3) is 0.667. The number of nitrogens with zero attached hydrogens (tertiary/aromatic N) is 1. The summed E-state index contributed by atoms with van der Waals surface area (Å²) in [5.74, 6) is -0.0652. The predicted octanol–water partition coefficient (Wildman–Crippen LogP) is 2.86. The summed E-state index contributed by atoms with van der Waals surface area (Å²) in [6, 6.07) is 4.30. The van der Waals surface area contributed by atoms with Gasteiger partial charge in [-0.3, -0.25) is 4.79 Å². The minimum absolute atomic E-state index is 0.00648. The largest absolute Gasteiger partial charge is 0.370 e. The molecule has 1 unspecified atom stereocenters. The van der Waals surface area contributed by atoms with E-state index in [-0.39, 0.29) is 23.3 Å². The van der Waals surface area contributed by atoms with Crippen molar-refractivity contribution in [3.63, 3.8) is 0 Å². The zero-order valence-corrected chi connectivity index (χ0v) is 14.9. The Balaban J connectivity index is 1.57. The Morgan fingerprint density at radius 2 is 2.12 bits per heavy atom. The van der Waals surface area contributed by atoms with Crippen molar-refractivity contribution < 1.29 is 9.59 Å². The van der Waals surface area contributed by atoms with E-state index in [0.717, 1.165) is 32.2 Å². The maximum Gasteiger partial charge on any atom is 0.317 e. The molecular formula is C18H27N3O2S. The number of carbonyl (C=O) groups excluding carboxylic acids is 2. The molecule has 3 rings (SSSR count). The SMILES string of the molecule is NC(=O)CC1CCCN(C(=O)NCC2(c3cccs3)CCCC2)C1. The van der Waals surface area contributed by atoms with Crippen molar-refractivity contribution in [3.8, 4) is 0 Å². The lowest BCUT2D eigenvalue weighted by atomic mass is 9.84. The molecule has 6 heteroatoms. The molecular weight excluding hydrogens is 322 g/mol. The summed E-state index contributed by atoms with van der Waals surface area (Å²) in [6.45, 7) is 2.12. The van der Waals surface area contributed by atoms with E-state index in [1.807, 2.05) is 4.90 Å². The molecule has 1 aliphatic heterocycles. The molecule has 132 valence electrons. The van der Waals surface area contributed by atoms with Gasteiger partial charge in [0.1, 0.15) is 0 Å². The van der Waals surface area contributed by atoms with Crippen molar-refractivity contribution >= 4 is 23.3 Å². The average molecular weight is 350 g/mol. The van der Waals surface area contributed by atoms with Crippen LogP contribution < -0.4 is 11.1 Å². The molecule has 1 saturated heterocycles. The first-order valence-electron chi connectivity index (χ1n) is 8.94. The zero-order valence-electron chi connectivity index (χ0n) is 14.1. The monoisotopic (exact) mass is 349 g/mol. The van der Waals surface area contributed by atoms with E-state index in [0.29, 0.717) is 19.5 Å². The van der Waals surface area contributed by atoms with Gasteiger partial charge < -0.3 is 16.0 Å². The summed E-state index contributed by atoms with van der Waals surface area (Å²) in [5, 5.41) is 5.30. The molecule has 24 heavy (non-hydrogen) atoms.